The highest BCUT2D eigenvalue weighted by molar-refractivity contribution is 5.85. The number of hydrogen-bond acceptors (Lipinski definition) is 2. The van der Waals surface area contributed by atoms with E-state index >= 15 is 0 Å². The van der Waals surface area contributed by atoms with Crippen LogP contribution in [-0.2, 0) is 4.79 Å². The molecule has 0 aliphatic heterocycles. The van der Waals surface area contributed by atoms with E-state index in [0.717, 1.165) is 19.3 Å². The normalized spacial score (nSPS) is 11.4. The van der Waals surface area contributed by atoms with Gasteiger partial charge in [-0.2, -0.15) is 0 Å². The van der Waals surface area contributed by atoms with E-state index in [1.165, 1.54) is 5.56 Å². The van der Waals surface area contributed by atoms with Crippen molar-refractivity contribution in [1.29, 1.82) is 0 Å². The fourth-order valence-corrected chi connectivity index (χ4v) is 1.83. The van der Waals surface area contributed by atoms with Gasteiger partial charge in [-0.3, -0.25) is 4.79 Å². The number of halogens is 1. The van der Waals surface area contributed by atoms with E-state index in [-0.39, 0.29) is 24.4 Å². The number of carbonyl (C=O) groups is 1. The van der Waals surface area contributed by atoms with Gasteiger partial charge in [0.1, 0.15) is 0 Å². The molecule has 0 fully saturated rings. The number of benzene rings is 1. The summed E-state index contributed by atoms with van der Waals surface area (Å²) in [7, 11) is 0. The second kappa shape index (κ2) is 9.92. The standard InChI is InChI=1S/C14H22N2O.ClH/c1-2-7-13(12-8-4-3-5-9-12)16-14(17)10-6-11-15;/h3-5,8-9,13H,2,6-7,10-11,15H2,1H3,(H,16,17);1H. The summed E-state index contributed by atoms with van der Waals surface area (Å²) in [5, 5.41) is 3.07. The van der Waals surface area contributed by atoms with Gasteiger partial charge in [-0.25, -0.2) is 0 Å². The summed E-state index contributed by atoms with van der Waals surface area (Å²) in [4.78, 5) is 11.7. The van der Waals surface area contributed by atoms with Crippen molar-refractivity contribution in [3.8, 4) is 0 Å². The molecule has 1 unspecified atom stereocenters. The molecule has 0 heterocycles. The first-order chi connectivity index (χ1) is 8.27. The van der Waals surface area contributed by atoms with Gasteiger partial charge in [-0.1, -0.05) is 43.7 Å². The fraction of sp³-hybridized carbons (Fsp3) is 0.500. The van der Waals surface area contributed by atoms with Crippen molar-refractivity contribution in [2.45, 2.75) is 38.6 Å². The second-order valence-electron chi connectivity index (χ2n) is 4.21. The van der Waals surface area contributed by atoms with E-state index in [0.29, 0.717) is 13.0 Å². The molecule has 1 rings (SSSR count). The highest BCUT2D eigenvalue weighted by atomic mass is 35.5. The molecule has 0 bridgehead atoms. The molecule has 0 aliphatic rings. The van der Waals surface area contributed by atoms with Crippen LogP contribution in [0.1, 0.15) is 44.2 Å². The average molecular weight is 271 g/mol. The molecule has 102 valence electrons. The van der Waals surface area contributed by atoms with Crippen molar-refractivity contribution in [2.24, 2.45) is 5.73 Å². The smallest absolute Gasteiger partial charge is 0.220 e. The first kappa shape index (κ1) is 16.9. The molecule has 0 aromatic heterocycles. The van der Waals surface area contributed by atoms with E-state index in [1.807, 2.05) is 18.2 Å². The van der Waals surface area contributed by atoms with Crippen LogP contribution in [0.5, 0.6) is 0 Å². The lowest BCUT2D eigenvalue weighted by atomic mass is 10.0. The lowest BCUT2D eigenvalue weighted by Gasteiger charge is -2.18. The van der Waals surface area contributed by atoms with Crippen molar-refractivity contribution in [2.75, 3.05) is 6.54 Å². The summed E-state index contributed by atoms with van der Waals surface area (Å²) in [5.41, 5.74) is 6.57. The third kappa shape index (κ3) is 6.03. The van der Waals surface area contributed by atoms with E-state index < -0.39 is 0 Å². The van der Waals surface area contributed by atoms with Gasteiger partial charge >= 0.3 is 0 Å². The summed E-state index contributed by atoms with van der Waals surface area (Å²) in [5.74, 6) is 0.0951. The van der Waals surface area contributed by atoms with E-state index in [4.69, 9.17) is 5.73 Å². The van der Waals surface area contributed by atoms with Gasteiger partial charge in [-0.05, 0) is 24.9 Å². The Morgan fingerprint density at radius 2 is 2.00 bits per heavy atom. The Kier molecular flexibility index (Phi) is 9.33. The van der Waals surface area contributed by atoms with Gasteiger partial charge in [0.05, 0.1) is 6.04 Å². The molecule has 3 nitrogen and oxygen atoms in total. The van der Waals surface area contributed by atoms with E-state index in [9.17, 15) is 4.79 Å². The van der Waals surface area contributed by atoms with Crippen LogP contribution in [-0.4, -0.2) is 12.5 Å². The molecule has 0 spiro atoms. The molecule has 0 radical (unpaired) electrons. The maximum Gasteiger partial charge on any atom is 0.220 e. The largest absolute Gasteiger partial charge is 0.349 e. The van der Waals surface area contributed by atoms with Crippen LogP contribution in [0.2, 0.25) is 0 Å². The van der Waals surface area contributed by atoms with Crippen LogP contribution < -0.4 is 11.1 Å². The number of hydrogen-bond donors (Lipinski definition) is 2. The van der Waals surface area contributed by atoms with E-state index in [2.05, 4.69) is 24.4 Å². The second-order valence-corrected chi connectivity index (χ2v) is 4.21. The van der Waals surface area contributed by atoms with Crippen molar-refractivity contribution in [3.05, 3.63) is 35.9 Å². The Bertz CT molecular complexity index is 330. The topological polar surface area (TPSA) is 55.1 Å². The van der Waals surface area contributed by atoms with Crippen molar-refractivity contribution >= 4 is 18.3 Å². The lowest BCUT2D eigenvalue weighted by Crippen LogP contribution is -2.28. The minimum Gasteiger partial charge on any atom is -0.349 e. The minimum absolute atomic E-state index is 0. The van der Waals surface area contributed by atoms with Gasteiger partial charge in [-0.15, -0.1) is 12.4 Å². The Balaban J connectivity index is 0.00000289. The SMILES string of the molecule is CCCC(NC(=O)CCCN)c1ccccc1.Cl. The molecule has 18 heavy (non-hydrogen) atoms. The number of amides is 1. The quantitative estimate of drug-likeness (QED) is 0.800. The molecular formula is C14H23ClN2O. The molecule has 0 saturated carbocycles. The number of nitrogens with one attached hydrogen (secondary N) is 1. The summed E-state index contributed by atoms with van der Waals surface area (Å²) < 4.78 is 0. The minimum atomic E-state index is 0. The molecule has 0 aliphatic carbocycles. The molecule has 3 N–H and O–H groups in total. The first-order valence-electron chi connectivity index (χ1n) is 6.32. The van der Waals surface area contributed by atoms with Gasteiger partial charge in [0.15, 0.2) is 0 Å². The van der Waals surface area contributed by atoms with Crippen molar-refractivity contribution in [3.63, 3.8) is 0 Å². The summed E-state index contributed by atoms with van der Waals surface area (Å²) in [6.45, 7) is 2.69. The number of nitrogens with two attached hydrogens (primary N) is 1. The van der Waals surface area contributed by atoms with Crippen LogP contribution in [0.4, 0.5) is 0 Å². The lowest BCUT2D eigenvalue weighted by molar-refractivity contribution is -0.121. The Hall–Kier alpha value is -1.06. The zero-order valence-corrected chi connectivity index (χ0v) is 11.7. The Morgan fingerprint density at radius 1 is 1.33 bits per heavy atom. The Morgan fingerprint density at radius 3 is 2.56 bits per heavy atom. The Labute approximate surface area is 116 Å². The number of carbonyl (C=O) groups excluding carboxylic acids is 1. The van der Waals surface area contributed by atoms with Gasteiger partial charge in [0.25, 0.3) is 0 Å². The highest BCUT2D eigenvalue weighted by Gasteiger charge is 2.12. The molecule has 0 saturated heterocycles. The zero-order valence-electron chi connectivity index (χ0n) is 10.9. The molecule has 1 atom stereocenters. The van der Waals surface area contributed by atoms with E-state index in [1.54, 1.807) is 0 Å². The predicted molar refractivity (Wildman–Crippen MR) is 77.8 cm³/mol. The van der Waals surface area contributed by atoms with Gasteiger partial charge in [0, 0.05) is 6.42 Å². The number of rotatable bonds is 7. The van der Waals surface area contributed by atoms with Crippen molar-refractivity contribution < 1.29 is 4.79 Å². The predicted octanol–water partition coefficient (Wildman–Crippen LogP) is 2.80. The fourth-order valence-electron chi connectivity index (χ4n) is 1.83. The maximum absolute atomic E-state index is 11.7. The van der Waals surface area contributed by atoms with Crippen LogP contribution in [0.15, 0.2) is 30.3 Å². The third-order valence-electron chi connectivity index (χ3n) is 2.72. The average Bonchev–Trinajstić information content (AvgIpc) is 2.37. The van der Waals surface area contributed by atoms with Crippen LogP contribution >= 0.6 is 12.4 Å². The van der Waals surface area contributed by atoms with Gasteiger partial charge < -0.3 is 11.1 Å². The zero-order chi connectivity index (χ0) is 12.5. The summed E-state index contributed by atoms with van der Waals surface area (Å²) >= 11 is 0. The molecular weight excluding hydrogens is 248 g/mol. The van der Waals surface area contributed by atoms with Crippen molar-refractivity contribution in [1.82, 2.24) is 5.32 Å². The summed E-state index contributed by atoms with van der Waals surface area (Å²) in [6.07, 6.45) is 3.29. The summed E-state index contributed by atoms with van der Waals surface area (Å²) in [6, 6.07) is 10.2. The molecule has 1 amide bonds. The molecule has 4 heteroatoms. The van der Waals surface area contributed by atoms with Crippen LogP contribution in [0, 0.1) is 0 Å². The first-order valence-corrected chi connectivity index (χ1v) is 6.32. The van der Waals surface area contributed by atoms with Gasteiger partial charge in [0.2, 0.25) is 5.91 Å². The highest BCUT2D eigenvalue weighted by Crippen LogP contribution is 2.18. The third-order valence-corrected chi connectivity index (χ3v) is 2.72. The molecule has 1 aromatic rings. The maximum atomic E-state index is 11.7. The monoisotopic (exact) mass is 270 g/mol. The molecule has 1 aromatic carbocycles. The van der Waals surface area contributed by atoms with Crippen LogP contribution in [0.3, 0.4) is 0 Å². The van der Waals surface area contributed by atoms with Crippen LogP contribution in [0.25, 0.3) is 0 Å².